The third-order valence-electron chi connectivity index (χ3n) is 2.22. The first kappa shape index (κ1) is 9.85. The molecule has 0 bridgehead atoms. The lowest BCUT2D eigenvalue weighted by atomic mass is 10.1. The predicted molar refractivity (Wildman–Crippen MR) is 57.0 cm³/mol. The monoisotopic (exact) mass is 176 g/mol. The Labute approximate surface area is 79.0 Å². The van der Waals surface area contributed by atoms with Gasteiger partial charge in [0.25, 0.3) is 0 Å². The Morgan fingerprint density at radius 1 is 1.31 bits per heavy atom. The van der Waals surface area contributed by atoms with E-state index >= 15 is 0 Å². The van der Waals surface area contributed by atoms with Crippen LogP contribution in [0.4, 0.5) is 0 Å². The van der Waals surface area contributed by atoms with Crippen LogP contribution >= 0.6 is 0 Å². The predicted octanol–water partition coefficient (Wildman–Crippen LogP) is 1.69. The summed E-state index contributed by atoms with van der Waals surface area (Å²) in [5, 5.41) is 11.8. The average Bonchev–Trinajstić information content (AvgIpc) is 2.08. The van der Waals surface area contributed by atoms with Gasteiger partial charge >= 0.3 is 0 Å². The van der Waals surface area contributed by atoms with Crippen LogP contribution in [0.2, 0.25) is 0 Å². The van der Waals surface area contributed by atoms with Gasteiger partial charge in [-0.2, -0.15) is 0 Å². The molecule has 1 heteroatoms. The topological polar surface area (TPSA) is 20.2 Å². The zero-order valence-electron chi connectivity index (χ0n) is 8.68. The summed E-state index contributed by atoms with van der Waals surface area (Å²) < 4.78 is 0. The van der Waals surface area contributed by atoms with Gasteiger partial charge in [-0.25, -0.2) is 0 Å². The molecule has 13 heavy (non-hydrogen) atoms. The Morgan fingerprint density at radius 3 is 2.38 bits per heavy atom. The molecule has 0 saturated carbocycles. The zero-order valence-corrected chi connectivity index (χ0v) is 8.68. The minimum absolute atomic E-state index is 0.373. The molecule has 0 aliphatic carbocycles. The molecule has 1 nitrogen and oxygen atoms in total. The molecule has 0 atom stereocenters. The van der Waals surface area contributed by atoms with Gasteiger partial charge < -0.3 is 5.11 Å². The molecule has 0 aliphatic heterocycles. The molecule has 0 unspecified atom stereocenters. The molecule has 1 aromatic rings. The van der Waals surface area contributed by atoms with Gasteiger partial charge in [0, 0.05) is 0 Å². The number of rotatable bonds is 0. The van der Waals surface area contributed by atoms with E-state index in [1.165, 1.54) is 10.8 Å². The minimum atomic E-state index is 0.373. The largest absolute Gasteiger partial charge is 0.508 e. The third kappa shape index (κ3) is 1.92. The quantitative estimate of drug-likeness (QED) is 0.638. The zero-order chi connectivity index (χ0) is 10.0. The Morgan fingerprint density at radius 2 is 1.92 bits per heavy atom. The highest BCUT2D eigenvalue weighted by atomic mass is 16.3. The Kier molecular flexibility index (Phi) is 2.76. The fourth-order valence-corrected chi connectivity index (χ4v) is 1.38. The van der Waals surface area contributed by atoms with Crippen molar-refractivity contribution < 1.29 is 5.11 Å². The molecule has 0 heterocycles. The van der Waals surface area contributed by atoms with Gasteiger partial charge in [0.05, 0.1) is 0 Å². The molecule has 1 N–H and O–H groups in total. The number of phenols is 1. The van der Waals surface area contributed by atoms with Gasteiger partial charge in [-0.1, -0.05) is 11.6 Å². The summed E-state index contributed by atoms with van der Waals surface area (Å²) in [5.41, 5.74) is 2.21. The van der Waals surface area contributed by atoms with Crippen molar-refractivity contribution in [1.29, 1.82) is 0 Å². The minimum Gasteiger partial charge on any atom is -0.508 e. The molecule has 0 spiro atoms. The van der Waals surface area contributed by atoms with Gasteiger partial charge in [-0.05, 0) is 55.8 Å². The first-order valence-corrected chi connectivity index (χ1v) is 4.49. The van der Waals surface area contributed by atoms with E-state index in [0.717, 1.165) is 10.8 Å². The SMILES string of the molecule is C/C=c1/cc(O)c(C)cc1=C(C)C. The summed E-state index contributed by atoms with van der Waals surface area (Å²) in [5.74, 6) is 0.373. The van der Waals surface area contributed by atoms with Crippen molar-refractivity contribution in [2.24, 2.45) is 0 Å². The fourth-order valence-electron chi connectivity index (χ4n) is 1.38. The van der Waals surface area contributed by atoms with Gasteiger partial charge in [-0.3, -0.25) is 0 Å². The maximum atomic E-state index is 9.51. The summed E-state index contributed by atoms with van der Waals surface area (Å²) in [6, 6.07) is 3.84. The van der Waals surface area contributed by atoms with E-state index in [4.69, 9.17) is 0 Å². The lowest BCUT2D eigenvalue weighted by molar-refractivity contribution is 0.470. The first-order valence-electron chi connectivity index (χ1n) is 4.49. The van der Waals surface area contributed by atoms with Crippen LogP contribution in [0, 0.1) is 6.92 Å². The molecule has 0 saturated heterocycles. The van der Waals surface area contributed by atoms with E-state index in [-0.39, 0.29) is 0 Å². The van der Waals surface area contributed by atoms with E-state index in [0.29, 0.717) is 5.75 Å². The Bertz CT molecular complexity index is 423. The summed E-state index contributed by atoms with van der Waals surface area (Å²) in [6.07, 6.45) is 2.02. The van der Waals surface area contributed by atoms with Gasteiger partial charge in [0.1, 0.15) is 5.75 Å². The van der Waals surface area contributed by atoms with Crippen LogP contribution in [0.1, 0.15) is 26.3 Å². The van der Waals surface area contributed by atoms with Crippen LogP contribution in [0.15, 0.2) is 12.1 Å². The van der Waals surface area contributed by atoms with E-state index in [1.54, 1.807) is 0 Å². The second-order valence-electron chi connectivity index (χ2n) is 3.51. The third-order valence-corrected chi connectivity index (χ3v) is 2.22. The van der Waals surface area contributed by atoms with Crippen molar-refractivity contribution >= 4 is 11.6 Å². The lowest BCUT2D eigenvalue weighted by Crippen LogP contribution is -2.25. The smallest absolute Gasteiger partial charge is 0.119 e. The maximum Gasteiger partial charge on any atom is 0.119 e. The van der Waals surface area contributed by atoms with Crippen molar-refractivity contribution in [1.82, 2.24) is 0 Å². The van der Waals surface area contributed by atoms with E-state index in [2.05, 4.69) is 13.8 Å². The second kappa shape index (κ2) is 3.65. The summed E-state index contributed by atoms with van der Waals surface area (Å²) in [4.78, 5) is 0. The normalized spacial score (nSPS) is 11.8. The lowest BCUT2D eigenvalue weighted by Gasteiger charge is -2.00. The van der Waals surface area contributed by atoms with Crippen molar-refractivity contribution in [2.75, 3.05) is 0 Å². The molecule has 1 rings (SSSR count). The van der Waals surface area contributed by atoms with E-state index < -0.39 is 0 Å². The Balaban J connectivity index is 3.74. The van der Waals surface area contributed by atoms with Crippen molar-refractivity contribution in [3.8, 4) is 5.75 Å². The standard InChI is InChI=1S/C12H16O/c1-5-10-7-12(13)9(4)6-11(10)8(2)3/h5-7,13H,1-4H3/b10-5-. The number of aromatic hydroxyl groups is 1. The van der Waals surface area contributed by atoms with Crippen LogP contribution in [0.5, 0.6) is 5.75 Å². The first-order chi connectivity index (χ1) is 6.06. The highest BCUT2D eigenvalue weighted by Crippen LogP contribution is 2.08. The van der Waals surface area contributed by atoms with Crippen molar-refractivity contribution in [3.05, 3.63) is 28.1 Å². The summed E-state index contributed by atoms with van der Waals surface area (Å²) >= 11 is 0. The second-order valence-corrected chi connectivity index (χ2v) is 3.51. The highest BCUT2D eigenvalue weighted by molar-refractivity contribution is 5.45. The van der Waals surface area contributed by atoms with Gasteiger partial charge in [-0.15, -0.1) is 0 Å². The summed E-state index contributed by atoms with van der Waals surface area (Å²) in [7, 11) is 0. The maximum absolute atomic E-state index is 9.51. The number of hydrogen-bond acceptors (Lipinski definition) is 1. The highest BCUT2D eigenvalue weighted by Gasteiger charge is 1.96. The molecular weight excluding hydrogens is 160 g/mol. The molecule has 0 radical (unpaired) electrons. The molecule has 1 aromatic carbocycles. The average molecular weight is 176 g/mol. The van der Waals surface area contributed by atoms with Crippen LogP contribution in [-0.4, -0.2) is 5.11 Å². The summed E-state index contributed by atoms with van der Waals surface area (Å²) in [6.45, 7) is 8.06. The molecule has 0 aliphatic rings. The molecular formula is C12H16O. The molecule has 0 fully saturated rings. The number of benzene rings is 1. The van der Waals surface area contributed by atoms with E-state index in [1.807, 2.05) is 32.1 Å². The van der Waals surface area contributed by atoms with Crippen LogP contribution < -0.4 is 10.4 Å². The fraction of sp³-hybridized carbons (Fsp3) is 0.333. The van der Waals surface area contributed by atoms with Crippen LogP contribution in [0.25, 0.3) is 11.6 Å². The number of aryl methyl sites for hydroxylation is 1. The van der Waals surface area contributed by atoms with E-state index in [9.17, 15) is 5.11 Å². The Hall–Kier alpha value is -1.24. The molecule has 0 aromatic heterocycles. The number of phenolic OH excluding ortho intramolecular Hbond substituents is 1. The van der Waals surface area contributed by atoms with Gasteiger partial charge in [0.15, 0.2) is 0 Å². The van der Waals surface area contributed by atoms with Crippen molar-refractivity contribution in [2.45, 2.75) is 27.7 Å². The number of hydrogen-bond donors (Lipinski definition) is 1. The van der Waals surface area contributed by atoms with Crippen molar-refractivity contribution in [3.63, 3.8) is 0 Å². The van der Waals surface area contributed by atoms with Gasteiger partial charge in [0.2, 0.25) is 0 Å². The molecule has 70 valence electrons. The molecule has 0 amide bonds. The van der Waals surface area contributed by atoms with Crippen LogP contribution in [-0.2, 0) is 0 Å². The van der Waals surface area contributed by atoms with Crippen LogP contribution in [0.3, 0.4) is 0 Å².